The van der Waals surface area contributed by atoms with E-state index in [9.17, 15) is 24.1 Å². The van der Waals surface area contributed by atoms with Crippen molar-refractivity contribution in [2.45, 2.75) is 10.2 Å². The van der Waals surface area contributed by atoms with Crippen LogP contribution < -0.4 is 4.90 Å². The van der Waals surface area contributed by atoms with Gasteiger partial charge in [0.15, 0.2) is 0 Å². The first-order valence-corrected chi connectivity index (χ1v) is 10.8. The fourth-order valence-electron chi connectivity index (χ4n) is 5.75. The molecule has 2 bridgehead atoms. The third kappa shape index (κ3) is 2.17. The number of benzene rings is 3. The number of carbonyl (C=O) groups is 2. The molecule has 1 saturated heterocycles. The maximum absolute atomic E-state index is 13.8. The molecule has 0 N–H and O–H groups in total. The lowest BCUT2D eigenvalue weighted by molar-refractivity contribution is -0.384. The van der Waals surface area contributed by atoms with Crippen LogP contribution in [0.3, 0.4) is 0 Å². The first kappa shape index (κ1) is 19.3. The van der Waals surface area contributed by atoms with Crippen molar-refractivity contribution in [3.05, 3.63) is 105 Å². The molecule has 0 unspecified atom stereocenters. The zero-order valence-corrected chi connectivity index (χ0v) is 18.0. The molecule has 158 valence electrons. The zero-order valence-electron chi connectivity index (χ0n) is 16.4. The van der Waals surface area contributed by atoms with Gasteiger partial charge in [-0.3, -0.25) is 19.7 Å². The van der Waals surface area contributed by atoms with Crippen molar-refractivity contribution in [2.75, 3.05) is 4.90 Å². The maximum Gasteiger partial charge on any atom is 0.296 e. The van der Waals surface area contributed by atoms with Crippen LogP contribution in [0, 0.1) is 27.8 Å². The Morgan fingerprint density at radius 2 is 1.53 bits per heavy atom. The minimum Gasteiger partial charge on any atom is -0.274 e. The number of imide groups is 1. The van der Waals surface area contributed by atoms with Gasteiger partial charge in [0.1, 0.15) is 11.5 Å². The lowest BCUT2D eigenvalue weighted by atomic mass is 9.55. The normalized spacial score (nSPS) is 27.2. The number of halogens is 2. The van der Waals surface area contributed by atoms with Gasteiger partial charge in [0.2, 0.25) is 11.8 Å². The summed E-state index contributed by atoms with van der Waals surface area (Å²) in [5.74, 6) is -3.71. The summed E-state index contributed by atoms with van der Waals surface area (Å²) in [4.78, 5) is 39.2. The summed E-state index contributed by atoms with van der Waals surface area (Å²) in [6.45, 7) is 0. The van der Waals surface area contributed by atoms with E-state index in [0.717, 1.165) is 45.4 Å². The maximum atomic E-state index is 13.8. The zero-order chi connectivity index (χ0) is 22.4. The summed E-state index contributed by atoms with van der Waals surface area (Å²) in [6, 6.07) is 18.3. The molecule has 3 aromatic rings. The molecule has 6 nitrogen and oxygen atoms in total. The second-order valence-corrected chi connectivity index (χ2v) is 9.52. The SMILES string of the molecule is O=C1[C@@H]2[C@@H](C(=O)N1c1ccc(F)cc1[N+](=O)[O-])C1c3ccccc3C2(Br)c2ccccc21. The van der Waals surface area contributed by atoms with Crippen LogP contribution in [0.4, 0.5) is 15.8 Å². The summed E-state index contributed by atoms with van der Waals surface area (Å²) in [5, 5.41) is 11.6. The third-order valence-electron chi connectivity index (χ3n) is 6.89. The van der Waals surface area contributed by atoms with Crippen LogP contribution in [0.15, 0.2) is 66.7 Å². The number of hydrogen-bond donors (Lipinski definition) is 0. The molecule has 32 heavy (non-hydrogen) atoms. The van der Waals surface area contributed by atoms with E-state index >= 15 is 0 Å². The molecule has 0 saturated carbocycles. The summed E-state index contributed by atoms with van der Waals surface area (Å²) in [5.41, 5.74) is 2.94. The fraction of sp³-hybridized carbons (Fsp3) is 0.167. The molecule has 0 spiro atoms. The predicted molar refractivity (Wildman–Crippen MR) is 117 cm³/mol. The molecule has 1 heterocycles. The second kappa shape index (κ2) is 6.32. The summed E-state index contributed by atoms with van der Waals surface area (Å²) < 4.78 is 12.8. The van der Waals surface area contributed by atoms with Crippen molar-refractivity contribution in [1.29, 1.82) is 0 Å². The van der Waals surface area contributed by atoms with Gasteiger partial charge in [-0.25, -0.2) is 9.29 Å². The third-order valence-corrected chi connectivity index (χ3v) is 8.24. The van der Waals surface area contributed by atoms with Crippen LogP contribution in [0.2, 0.25) is 0 Å². The number of nitrogens with zero attached hydrogens (tertiary/aromatic N) is 2. The lowest BCUT2D eigenvalue weighted by Crippen LogP contribution is -2.50. The molecular weight excluding hydrogens is 479 g/mol. The molecular formula is C24H14BrFN2O4. The van der Waals surface area contributed by atoms with Gasteiger partial charge >= 0.3 is 0 Å². The monoisotopic (exact) mass is 492 g/mol. The molecule has 3 aliphatic carbocycles. The van der Waals surface area contributed by atoms with Crippen molar-refractivity contribution >= 4 is 39.1 Å². The van der Waals surface area contributed by atoms with Crippen molar-refractivity contribution in [3.8, 4) is 0 Å². The fourth-order valence-corrected chi connectivity index (χ4v) is 6.95. The van der Waals surface area contributed by atoms with E-state index in [1.807, 2.05) is 48.5 Å². The van der Waals surface area contributed by atoms with Crippen LogP contribution in [0.25, 0.3) is 0 Å². The van der Waals surface area contributed by atoms with E-state index < -0.39 is 44.4 Å². The van der Waals surface area contributed by atoms with Gasteiger partial charge in [-0.15, -0.1) is 0 Å². The molecule has 8 heteroatoms. The van der Waals surface area contributed by atoms with Gasteiger partial charge in [0, 0.05) is 5.92 Å². The van der Waals surface area contributed by atoms with E-state index in [1.165, 1.54) is 0 Å². The average molecular weight is 493 g/mol. The van der Waals surface area contributed by atoms with Gasteiger partial charge < -0.3 is 0 Å². The van der Waals surface area contributed by atoms with E-state index in [2.05, 4.69) is 15.9 Å². The van der Waals surface area contributed by atoms with Crippen LogP contribution in [-0.4, -0.2) is 16.7 Å². The molecule has 4 aliphatic rings. The van der Waals surface area contributed by atoms with Crippen molar-refractivity contribution in [1.82, 2.24) is 0 Å². The Kier molecular flexibility index (Phi) is 3.81. The molecule has 1 fully saturated rings. The summed E-state index contributed by atoms with van der Waals surface area (Å²) in [6.07, 6.45) is 0. The molecule has 2 atom stereocenters. The highest BCUT2D eigenvalue weighted by Gasteiger charge is 2.68. The highest BCUT2D eigenvalue weighted by atomic mass is 79.9. The Morgan fingerprint density at radius 3 is 2.12 bits per heavy atom. The van der Waals surface area contributed by atoms with E-state index in [-0.39, 0.29) is 11.6 Å². The predicted octanol–water partition coefficient (Wildman–Crippen LogP) is 4.64. The van der Waals surface area contributed by atoms with Gasteiger partial charge in [-0.2, -0.15) is 0 Å². The smallest absolute Gasteiger partial charge is 0.274 e. The molecule has 7 rings (SSSR count). The lowest BCUT2D eigenvalue weighted by Gasteiger charge is -2.51. The molecule has 0 aromatic heterocycles. The minimum absolute atomic E-state index is 0.204. The van der Waals surface area contributed by atoms with Crippen molar-refractivity contribution in [2.24, 2.45) is 11.8 Å². The number of amides is 2. The standard InChI is InChI=1S/C24H14BrFN2O4/c25-24-15-7-3-1-5-13(15)19(14-6-2-4-8-16(14)24)20-21(24)23(30)27(22(20)29)17-10-9-12(26)11-18(17)28(31)32/h1-11,19-21H/t19?,20-,21-,24?/m0/s1. The van der Waals surface area contributed by atoms with Crippen LogP contribution in [0.5, 0.6) is 0 Å². The van der Waals surface area contributed by atoms with E-state index in [4.69, 9.17) is 0 Å². The second-order valence-electron chi connectivity index (χ2n) is 8.27. The van der Waals surface area contributed by atoms with E-state index in [0.29, 0.717) is 0 Å². The van der Waals surface area contributed by atoms with Crippen LogP contribution in [0.1, 0.15) is 28.2 Å². The number of anilines is 1. The average Bonchev–Trinajstić information content (AvgIpc) is 3.06. The van der Waals surface area contributed by atoms with Gasteiger partial charge in [-0.1, -0.05) is 64.5 Å². The highest BCUT2D eigenvalue weighted by Crippen LogP contribution is 2.66. The Labute approximate surface area is 189 Å². The highest BCUT2D eigenvalue weighted by molar-refractivity contribution is 9.09. The Morgan fingerprint density at radius 1 is 0.938 bits per heavy atom. The molecule has 0 radical (unpaired) electrons. The van der Waals surface area contributed by atoms with Gasteiger partial charge in [0.05, 0.1) is 27.1 Å². The van der Waals surface area contributed by atoms with Gasteiger partial charge in [-0.05, 0) is 34.4 Å². The van der Waals surface area contributed by atoms with Crippen LogP contribution in [-0.2, 0) is 13.9 Å². The van der Waals surface area contributed by atoms with E-state index in [1.54, 1.807) is 0 Å². The Balaban J connectivity index is 1.61. The summed E-state index contributed by atoms with van der Waals surface area (Å²) >= 11 is 3.87. The Bertz CT molecular complexity index is 1330. The largest absolute Gasteiger partial charge is 0.296 e. The van der Waals surface area contributed by atoms with Crippen molar-refractivity contribution in [3.63, 3.8) is 0 Å². The topological polar surface area (TPSA) is 80.5 Å². The number of nitro groups is 1. The molecule has 2 amide bonds. The van der Waals surface area contributed by atoms with Gasteiger partial charge in [0.25, 0.3) is 5.69 Å². The van der Waals surface area contributed by atoms with Crippen LogP contribution >= 0.6 is 15.9 Å². The first-order chi connectivity index (χ1) is 15.4. The quantitative estimate of drug-likeness (QED) is 0.226. The number of hydrogen-bond acceptors (Lipinski definition) is 4. The number of carbonyl (C=O) groups excluding carboxylic acids is 2. The molecule has 1 aliphatic heterocycles. The number of nitro benzene ring substituents is 1. The minimum atomic E-state index is -0.949. The first-order valence-electron chi connectivity index (χ1n) is 10.0. The summed E-state index contributed by atoms with van der Waals surface area (Å²) in [7, 11) is 0. The molecule has 3 aromatic carbocycles. The number of rotatable bonds is 2. The number of alkyl halides is 1. The Hall–Kier alpha value is -3.39. The van der Waals surface area contributed by atoms with Crippen molar-refractivity contribution < 1.29 is 18.9 Å².